The average Bonchev–Trinajstić information content (AvgIpc) is 3.89. The van der Waals surface area contributed by atoms with Crippen LogP contribution in [0.25, 0.3) is 104 Å². The molecule has 0 amide bonds. The van der Waals surface area contributed by atoms with Crippen LogP contribution in [0.5, 0.6) is 0 Å². The molecule has 0 unspecified atom stereocenters. The minimum atomic E-state index is 1.15. The molecule has 12 rings (SSSR count). The Labute approximate surface area is 317 Å². The van der Waals surface area contributed by atoms with Crippen LogP contribution in [0.4, 0.5) is 0 Å². The van der Waals surface area contributed by atoms with Gasteiger partial charge in [0.2, 0.25) is 0 Å². The third-order valence-electron chi connectivity index (χ3n) is 11.6. The van der Waals surface area contributed by atoms with E-state index in [-0.39, 0.29) is 0 Å². The first-order valence-corrected chi connectivity index (χ1v) is 18.9. The third kappa shape index (κ3) is 4.32. The molecule has 0 spiro atoms. The molecule has 0 aliphatic carbocycles. The van der Waals surface area contributed by atoms with Crippen molar-refractivity contribution in [2.45, 2.75) is 0 Å². The van der Waals surface area contributed by atoms with Crippen molar-refractivity contribution in [3.05, 3.63) is 200 Å². The van der Waals surface area contributed by atoms with Crippen molar-refractivity contribution in [1.82, 2.24) is 13.7 Å². The summed E-state index contributed by atoms with van der Waals surface area (Å²) < 4.78 is 7.26. The van der Waals surface area contributed by atoms with Crippen molar-refractivity contribution in [3.63, 3.8) is 0 Å². The fourth-order valence-electron chi connectivity index (χ4n) is 9.27. The lowest BCUT2D eigenvalue weighted by Crippen LogP contribution is -1.96. The number of para-hydroxylation sites is 4. The van der Waals surface area contributed by atoms with Crippen LogP contribution in [-0.4, -0.2) is 13.7 Å². The van der Waals surface area contributed by atoms with Gasteiger partial charge in [0.15, 0.2) is 0 Å². The highest BCUT2D eigenvalue weighted by Crippen LogP contribution is 2.43. The van der Waals surface area contributed by atoms with Crippen LogP contribution >= 0.6 is 0 Å². The van der Waals surface area contributed by atoms with Crippen LogP contribution in [0.15, 0.2) is 200 Å². The molecule has 0 radical (unpaired) electrons. The molecule has 9 aromatic carbocycles. The zero-order chi connectivity index (χ0) is 36.0. The van der Waals surface area contributed by atoms with Crippen LogP contribution in [0.1, 0.15) is 0 Å². The first-order valence-electron chi connectivity index (χ1n) is 18.9. The fourth-order valence-corrected chi connectivity index (χ4v) is 9.27. The Morgan fingerprint density at radius 2 is 0.618 bits per heavy atom. The Hall–Kier alpha value is -7.36. The molecule has 0 aliphatic rings. The van der Waals surface area contributed by atoms with E-state index in [0.29, 0.717) is 0 Å². The standard InChI is InChI=1S/C52H33N3/c1-2-14-39-36(12-1)13-11-23-44(39)55-48-22-10-6-18-43(48)52-50(55)33-32-49-51(52)42-17-5-9-21-47(42)54(49)38-30-26-35(27-31-38)34-24-28-37(29-25-34)53-45-19-7-3-15-40(45)41-16-4-8-20-46(41)53/h1-33H. The summed E-state index contributed by atoms with van der Waals surface area (Å²) in [6.07, 6.45) is 0. The lowest BCUT2D eigenvalue weighted by atomic mass is 10.0. The van der Waals surface area contributed by atoms with Gasteiger partial charge in [0, 0.05) is 49.1 Å². The molecular weight excluding hydrogens is 667 g/mol. The highest BCUT2D eigenvalue weighted by Gasteiger charge is 2.21. The minimum absolute atomic E-state index is 1.15. The summed E-state index contributed by atoms with van der Waals surface area (Å²) >= 11 is 0. The normalized spacial score (nSPS) is 12.0. The van der Waals surface area contributed by atoms with Gasteiger partial charge >= 0.3 is 0 Å². The number of benzene rings is 9. The topological polar surface area (TPSA) is 14.8 Å². The maximum atomic E-state index is 2.46. The van der Waals surface area contributed by atoms with Crippen LogP contribution in [0.3, 0.4) is 0 Å². The Balaban J connectivity index is 1.00. The molecular formula is C52H33N3. The van der Waals surface area contributed by atoms with Gasteiger partial charge in [-0.25, -0.2) is 0 Å². The predicted molar refractivity (Wildman–Crippen MR) is 232 cm³/mol. The Kier molecular flexibility index (Phi) is 6.34. The van der Waals surface area contributed by atoms with Crippen molar-refractivity contribution in [1.29, 1.82) is 0 Å². The van der Waals surface area contributed by atoms with Crippen LogP contribution in [0.2, 0.25) is 0 Å². The first kappa shape index (κ1) is 30.1. The molecule has 0 atom stereocenters. The van der Waals surface area contributed by atoms with Gasteiger partial charge in [-0.1, -0.05) is 133 Å². The van der Waals surface area contributed by atoms with E-state index in [1.807, 2.05) is 0 Å². The van der Waals surface area contributed by atoms with Crippen molar-refractivity contribution in [2.75, 3.05) is 0 Å². The Morgan fingerprint density at radius 1 is 0.236 bits per heavy atom. The summed E-state index contributed by atoms with van der Waals surface area (Å²) in [7, 11) is 0. The summed E-state index contributed by atoms with van der Waals surface area (Å²) in [5.41, 5.74) is 13.2. The molecule has 55 heavy (non-hydrogen) atoms. The van der Waals surface area contributed by atoms with Crippen LogP contribution in [0, 0.1) is 0 Å². The predicted octanol–water partition coefficient (Wildman–Crippen LogP) is 13.8. The van der Waals surface area contributed by atoms with Crippen molar-refractivity contribution in [3.8, 4) is 28.2 Å². The fraction of sp³-hybridized carbons (Fsp3) is 0. The summed E-state index contributed by atoms with van der Waals surface area (Å²) in [6, 6.07) is 73.1. The van der Waals surface area contributed by atoms with Gasteiger partial charge in [0.25, 0.3) is 0 Å². The Morgan fingerprint density at radius 3 is 1.16 bits per heavy atom. The molecule has 3 heterocycles. The van der Waals surface area contributed by atoms with Crippen molar-refractivity contribution >= 4 is 76.2 Å². The Bertz CT molecular complexity index is 3410. The number of fused-ring (bicyclic) bond motifs is 11. The maximum Gasteiger partial charge on any atom is 0.0549 e. The number of nitrogens with zero attached hydrogens (tertiary/aromatic N) is 3. The van der Waals surface area contributed by atoms with E-state index < -0.39 is 0 Å². The van der Waals surface area contributed by atoms with Gasteiger partial charge < -0.3 is 13.7 Å². The quantitative estimate of drug-likeness (QED) is 0.174. The smallest absolute Gasteiger partial charge is 0.0549 e. The second kappa shape index (κ2) is 11.6. The van der Waals surface area contributed by atoms with Crippen LogP contribution < -0.4 is 0 Å². The second-order valence-electron chi connectivity index (χ2n) is 14.5. The van der Waals surface area contributed by atoms with Crippen molar-refractivity contribution in [2.24, 2.45) is 0 Å². The van der Waals surface area contributed by atoms with Gasteiger partial charge in [0.05, 0.1) is 38.8 Å². The monoisotopic (exact) mass is 699 g/mol. The molecule has 0 fully saturated rings. The lowest BCUT2D eigenvalue weighted by Gasteiger charge is -2.12. The van der Waals surface area contributed by atoms with Gasteiger partial charge in [-0.15, -0.1) is 0 Å². The van der Waals surface area contributed by atoms with E-state index in [9.17, 15) is 0 Å². The molecule has 256 valence electrons. The lowest BCUT2D eigenvalue weighted by molar-refractivity contribution is 1.17. The van der Waals surface area contributed by atoms with Gasteiger partial charge in [-0.3, -0.25) is 0 Å². The van der Waals surface area contributed by atoms with E-state index in [1.165, 1.54) is 93.0 Å². The molecule has 3 aromatic heterocycles. The SMILES string of the molecule is c1ccc2c(-n3c4ccccc4c4c5c6ccccc6n(-c6ccc(-c7ccc(-n8c9ccccc9c9ccccc98)cc7)cc6)c5ccc43)cccc2c1. The molecule has 0 N–H and O–H groups in total. The number of hydrogen-bond acceptors (Lipinski definition) is 0. The summed E-state index contributed by atoms with van der Waals surface area (Å²) in [4.78, 5) is 0. The number of hydrogen-bond donors (Lipinski definition) is 0. The van der Waals surface area contributed by atoms with Crippen molar-refractivity contribution < 1.29 is 0 Å². The number of aromatic nitrogens is 3. The molecule has 12 aromatic rings. The van der Waals surface area contributed by atoms with Gasteiger partial charge in [-0.2, -0.15) is 0 Å². The number of rotatable bonds is 4. The molecule has 3 nitrogen and oxygen atoms in total. The second-order valence-corrected chi connectivity index (χ2v) is 14.5. The molecule has 0 saturated carbocycles. The minimum Gasteiger partial charge on any atom is -0.309 e. The largest absolute Gasteiger partial charge is 0.309 e. The summed E-state index contributed by atoms with van der Waals surface area (Å²) in [6.45, 7) is 0. The molecule has 0 aliphatic heterocycles. The van der Waals surface area contributed by atoms with Crippen LogP contribution in [-0.2, 0) is 0 Å². The highest BCUT2D eigenvalue weighted by atomic mass is 15.0. The molecule has 0 bridgehead atoms. The van der Waals surface area contributed by atoms with E-state index in [0.717, 1.165) is 11.4 Å². The third-order valence-corrected chi connectivity index (χ3v) is 11.6. The molecule has 3 heteroatoms. The van der Waals surface area contributed by atoms with Gasteiger partial charge in [0.1, 0.15) is 0 Å². The summed E-state index contributed by atoms with van der Waals surface area (Å²) in [5, 5.41) is 10.1. The van der Waals surface area contributed by atoms with E-state index in [1.54, 1.807) is 0 Å². The first-order chi connectivity index (χ1) is 27.3. The highest BCUT2D eigenvalue weighted by molar-refractivity contribution is 6.29. The maximum absolute atomic E-state index is 2.46. The van der Waals surface area contributed by atoms with Gasteiger partial charge in [-0.05, 0) is 83.2 Å². The van der Waals surface area contributed by atoms with E-state index in [2.05, 4.69) is 214 Å². The average molecular weight is 700 g/mol. The zero-order valence-electron chi connectivity index (χ0n) is 29.9. The van der Waals surface area contributed by atoms with E-state index >= 15 is 0 Å². The molecule has 0 saturated heterocycles. The van der Waals surface area contributed by atoms with E-state index in [4.69, 9.17) is 0 Å². The zero-order valence-corrected chi connectivity index (χ0v) is 29.9. The summed E-state index contributed by atoms with van der Waals surface area (Å²) in [5.74, 6) is 0.